The number of pyridine rings is 1. The zero-order valence-electron chi connectivity index (χ0n) is 13.3. The van der Waals surface area contributed by atoms with E-state index >= 15 is 0 Å². The zero-order valence-corrected chi connectivity index (χ0v) is 15.6. The Morgan fingerprint density at radius 1 is 1.25 bits per heavy atom. The molecule has 0 amide bonds. The third kappa shape index (κ3) is 4.80. The standard InChI is InChI=1S/C16H27N2S.V/c1-7-18(8-2)12-13-10-9-11-14(17-13)15(3,4)16(5,6)19;/h9-11,19H,1,7-8,12H2,2-6H3;/q-1;. The third-order valence-corrected chi connectivity index (χ3v) is 4.68. The summed E-state index contributed by atoms with van der Waals surface area (Å²) in [6.07, 6.45) is 0. The molecule has 0 aliphatic rings. The fraction of sp³-hybridized carbons (Fsp3) is 0.625. The van der Waals surface area contributed by atoms with E-state index in [0.29, 0.717) is 0 Å². The van der Waals surface area contributed by atoms with Crippen LogP contribution in [-0.4, -0.2) is 27.7 Å². The molecule has 0 aliphatic carbocycles. The van der Waals surface area contributed by atoms with Gasteiger partial charge in [0.15, 0.2) is 0 Å². The van der Waals surface area contributed by atoms with Crippen LogP contribution in [0, 0.1) is 6.92 Å². The van der Waals surface area contributed by atoms with E-state index in [4.69, 9.17) is 17.6 Å². The first-order valence-corrected chi connectivity index (χ1v) is 7.37. The summed E-state index contributed by atoms with van der Waals surface area (Å²) in [4.78, 5) is 7.10. The Balaban J connectivity index is 0.00000361. The van der Waals surface area contributed by atoms with Crippen LogP contribution in [0.4, 0.5) is 0 Å². The van der Waals surface area contributed by atoms with E-state index in [-0.39, 0.29) is 28.7 Å². The van der Waals surface area contributed by atoms with Gasteiger partial charge in [-0.1, -0.05) is 40.7 Å². The van der Waals surface area contributed by atoms with Gasteiger partial charge in [0.2, 0.25) is 0 Å². The van der Waals surface area contributed by atoms with Gasteiger partial charge >= 0.3 is 0 Å². The molecule has 113 valence electrons. The topological polar surface area (TPSA) is 16.1 Å². The van der Waals surface area contributed by atoms with E-state index < -0.39 is 0 Å². The van der Waals surface area contributed by atoms with E-state index in [9.17, 15) is 0 Å². The molecule has 1 aromatic heterocycles. The Hall–Kier alpha value is 0.0444. The van der Waals surface area contributed by atoms with Crippen molar-refractivity contribution in [1.29, 1.82) is 0 Å². The second kappa shape index (κ2) is 7.88. The summed E-state index contributed by atoms with van der Waals surface area (Å²) >= 11 is 4.73. The molecule has 0 saturated heterocycles. The van der Waals surface area contributed by atoms with Crippen LogP contribution >= 0.6 is 12.6 Å². The predicted molar refractivity (Wildman–Crippen MR) is 86.6 cm³/mol. The van der Waals surface area contributed by atoms with E-state index in [1.54, 1.807) is 0 Å². The Morgan fingerprint density at radius 3 is 2.30 bits per heavy atom. The first-order chi connectivity index (χ1) is 8.72. The van der Waals surface area contributed by atoms with Gasteiger partial charge in [-0.15, -0.1) is 6.54 Å². The quantitative estimate of drug-likeness (QED) is 0.632. The van der Waals surface area contributed by atoms with Crippen LogP contribution in [0.3, 0.4) is 0 Å². The molecule has 0 N–H and O–H groups in total. The molecule has 1 rings (SSSR count). The summed E-state index contributed by atoms with van der Waals surface area (Å²) in [6.45, 7) is 17.4. The SMILES string of the molecule is [CH2-]CN(CC)Cc1cccc(C(C)(C)C(C)(C)S)n1.[V]. The van der Waals surface area contributed by atoms with Crippen molar-refractivity contribution in [2.24, 2.45) is 0 Å². The smallest absolute Gasteiger partial charge is 0.0546 e. The van der Waals surface area contributed by atoms with E-state index in [1.165, 1.54) is 0 Å². The number of rotatable bonds is 6. The van der Waals surface area contributed by atoms with Crippen molar-refractivity contribution in [3.05, 3.63) is 36.5 Å². The molecule has 0 saturated carbocycles. The minimum absolute atomic E-state index is 0. The van der Waals surface area contributed by atoms with Crippen LogP contribution in [0.2, 0.25) is 0 Å². The molecule has 1 radical (unpaired) electrons. The maximum atomic E-state index is 4.83. The van der Waals surface area contributed by atoms with Gasteiger partial charge in [0, 0.05) is 41.0 Å². The molecule has 20 heavy (non-hydrogen) atoms. The summed E-state index contributed by atoms with van der Waals surface area (Å²) in [5.41, 5.74) is 2.13. The number of nitrogens with zero attached hydrogens (tertiary/aromatic N) is 2. The Labute approximate surface area is 142 Å². The maximum Gasteiger partial charge on any atom is 0.0546 e. The van der Waals surface area contributed by atoms with Crippen LogP contribution in [0.25, 0.3) is 0 Å². The molecule has 0 aliphatic heterocycles. The van der Waals surface area contributed by atoms with Crippen molar-refractivity contribution in [2.75, 3.05) is 13.1 Å². The molecule has 1 heterocycles. The van der Waals surface area contributed by atoms with E-state index in [1.807, 2.05) is 0 Å². The molecule has 0 spiro atoms. The van der Waals surface area contributed by atoms with Crippen molar-refractivity contribution in [3.63, 3.8) is 0 Å². The second-order valence-corrected chi connectivity index (χ2v) is 7.18. The maximum absolute atomic E-state index is 4.83. The summed E-state index contributed by atoms with van der Waals surface area (Å²) < 4.78 is -0.116. The van der Waals surface area contributed by atoms with Crippen molar-refractivity contribution in [3.8, 4) is 0 Å². The van der Waals surface area contributed by atoms with Gasteiger partial charge in [0.1, 0.15) is 0 Å². The van der Waals surface area contributed by atoms with Crippen LogP contribution < -0.4 is 0 Å². The summed E-state index contributed by atoms with van der Waals surface area (Å²) in [5.74, 6) is 0. The van der Waals surface area contributed by atoms with Crippen molar-refractivity contribution in [2.45, 2.75) is 51.3 Å². The van der Waals surface area contributed by atoms with E-state index in [0.717, 1.165) is 31.0 Å². The van der Waals surface area contributed by atoms with Gasteiger partial charge in [0.25, 0.3) is 0 Å². The first-order valence-electron chi connectivity index (χ1n) is 6.92. The zero-order chi connectivity index (χ0) is 14.7. The minimum atomic E-state index is -0.116. The fourth-order valence-corrected chi connectivity index (χ4v) is 1.92. The summed E-state index contributed by atoms with van der Waals surface area (Å²) in [7, 11) is 0. The summed E-state index contributed by atoms with van der Waals surface area (Å²) in [5, 5.41) is 0. The van der Waals surface area contributed by atoms with Crippen LogP contribution in [0.15, 0.2) is 18.2 Å². The van der Waals surface area contributed by atoms with Gasteiger partial charge in [-0.3, -0.25) is 4.98 Å². The van der Waals surface area contributed by atoms with Crippen LogP contribution in [0.5, 0.6) is 0 Å². The van der Waals surface area contributed by atoms with Crippen molar-refractivity contribution >= 4 is 12.6 Å². The first kappa shape index (κ1) is 20.0. The van der Waals surface area contributed by atoms with Gasteiger partial charge < -0.3 is 11.8 Å². The molecule has 0 fully saturated rings. The molecule has 0 bridgehead atoms. The van der Waals surface area contributed by atoms with Crippen LogP contribution in [0.1, 0.15) is 46.0 Å². The molecule has 0 atom stereocenters. The number of aromatic nitrogens is 1. The molecule has 2 nitrogen and oxygen atoms in total. The Kier molecular flexibility index (Phi) is 7.90. The van der Waals surface area contributed by atoms with Gasteiger partial charge in [-0.2, -0.15) is 12.6 Å². The Morgan fingerprint density at radius 2 is 1.85 bits per heavy atom. The molecule has 0 aromatic carbocycles. The number of thiol groups is 1. The van der Waals surface area contributed by atoms with Crippen molar-refractivity contribution in [1.82, 2.24) is 9.88 Å². The summed E-state index contributed by atoms with van der Waals surface area (Å²) in [6, 6.07) is 6.28. The fourth-order valence-electron chi connectivity index (χ4n) is 1.81. The molecular formula is C16H27N2SV-. The average Bonchev–Trinajstić information content (AvgIpc) is 2.35. The van der Waals surface area contributed by atoms with Crippen LogP contribution in [-0.2, 0) is 30.5 Å². The van der Waals surface area contributed by atoms with Gasteiger partial charge in [-0.05, 0) is 18.7 Å². The predicted octanol–water partition coefficient (Wildman–Crippen LogP) is 3.72. The average molecular weight is 330 g/mol. The van der Waals surface area contributed by atoms with E-state index in [2.05, 4.69) is 64.6 Å². The van der Waals surface area contributed by atoms with Gasteiger partial charge in [-0.25, -0.2) is 0 Å². The van der Waals surface area contributed by atoms with Crippen molar-refractivity contribution < 1.29 is 18.6 Å². The second-order valence-electron chi connectivity index (χ2n) is 6.07. The molecule has 4 heteroatoms. The molecule has 1 aromatic rings. The largest absolute Gasteiger partial charge is 0.330 e. The monoisotopic (exact) mass is 330 g/mol. The number of hydrogen-bond acceptors (Lipinski definition) is 3. The normalized spacial score (nSPS) is 12.4. The Bertz CT molecular complexity index is 409. The minimum Gasteiger partial charge on any atom is -0.330 e. The molecular weight excluding hydrogens is 303 g/mol. The number of hydrogen-bond donors (Lipinski definition) is 1. The van der Waals surface area contributed by atoms with Gasteiger partial charge in [0.05, 0.1) is 5.69 Å². The molecule has 0 unspecified atom stereocenters. The third-order valence-electron chi connectivity index (χ3n) is 4.13.